The predicted octanol–water partition coefficient (Wildman–Crippen LogP) is 3.49. The zero-order valence-corrected chi connectivity index (χ0v) is 13.4. The third-order valence-corrected chi connectivity index (χ3v) is 3.69. The normalized spacial score (nSPS) is 10.3. The van der Waals surface area contributed by atoms with Crippen LogP contribution in [0.3, 0.4) is 0 Å². The second kappa shape index (κ2) is 8.13. The Bertz CT molecular complexity index is 677. The van der Waals surface area contributed by atoms with Crippen molar-refractivity contribution in [1.29, 1.82) is 5.41 Å². The van der Waals surface area contributed by atoms with Gasteiger partial charge in [0.15, 0.2) is 0 Å². The van der Waals surface area contributed by atoms with Crippen LogP contribution >= 0.6 is 0 Å². The maximum Gasteiger partial charge on any atom is 0.221 e. The molecule has 4 heteroatoms. The van der Waals surface area contributed by atoms with E-state index >= 15 is 0 Å². The van der Waals surface area contributed by atoms with Crippen LogP contribution in [0.4, 0.5) is 5.69 Å². The Morgan fingerprint density at radius 1 is 1.04 bits per heavy atom. The van der Waals surface area contributed by atoms with Crippen molar-refractivity contribution in [2.75, 3.05) is 5.32 Å². The lowest BCUT2D eigenvalue weighted by Gasteiger charge is -2.06. The van der Waals surface area contributed by atoms with Crippen molar-refractivity contribution < 1.29 is 4.79 Å². The SMILES string of the molecule is CC(=O)Nc1ccc(CCCCc2cccc(C(=N)N)c2)cc1. The number of anilines is 1. The molecule has 0 aliphatic carbocycles. The number of amidine groups is 1. The van der Waals surface area contributed by atoms with Gasteiger partial charge >= 0.3 is 0 Å². The van der Waals surface area contributed by atoms with Gasteiger partial charge in [-0.1, -0.05) is 30.3 Å². The summed E-state index contributed by atoms with van der Waals surface area (Å²) in [7, 11) is 0. The molecule has 0 spiro atoms. The fraction of sp³-hybridized carbons (Fsp3) is 0.263. The van der Waals surface area contributed by atoms with Crippen molar-refractivity contribution in [2.45, 2.75) is 32.6 Å². The summed E-state index contributed by atoms with van der Waals surface area (Å²) >= 11 is 0. The third-order valence-electron chi connectivity index (χ3n) is 3.69. The van der Waals surface area contributed by atoms with Crippen LogP contribution in [0, 0.1) is 5.41 Å². The summed E-state index contributed by atoms with van der Waals surface area (Å²) in [6.07, 6.45) is 4.20. The summed E-state index contributed by atoms with van der Waals surface area (Å²) in [6, 6.07) is 15.9. The summed E-state index contributed by atoms with van der Waals surface area (Å²) in [5.41, 5.74) is 9.63. The molecular weight excluding hydrogens is 286 g/mol. The van der Waals surface area contributed by atoms with Gasteiger partial charge in [-0.3, -0.25) is 10.2 Å². The van der Waals surface area contributed by atoms with E-state index < -0.39 is 0 Å². The van der Waals surface area contributed by atoms with E-state index in [9.17, 15) is 4.79 Å². The number of hydrogen-bond acceptors (Lipinski definition) is 2. The van der Waals surface area contributed by atoms with Gasteiger partial charge in [-0.15, -0.1) is 0 Å². The minimum atomic E-state index is -0.0504. The molecule has 1 amide bonds. The highest BCUT2D eigenvalue weighted by molar-refractivity contribution is 5.95. The molecule has 120 valence electrons. The van der Waals surface area contributed by atoms with Gasteiger partial charge in [0, 0.05) is 18.2 Å². The second-order valence-electron chi connectivity index (χ2n) is 5.70. The third kappa shape index (κ3) is 5.58. The number of nitrogens with two attached hydrogens (primary N) is 1. The molecule has 0 aliphatic rings. The van der Waals surface area contributed by atoms with Crippen LogP contribution < -0.4 is 11.1 Å². The van der Waals surface area contributed by atoms with E-state index in [1.165, 1.54) is 18.1 Å². The largest absolute Gasteiger partial charge is 0.384 e. The molecule has 0 saturated carbocycles. The van der Waals surface area contributed by atoms with Crippen LogP contribution in [0.25, 0.3) is 0 Å². The maximum atomic E-state index is 11.0. The van der Waals surface area contributed by atoms with Crippen LogP contribution in [0.2, 0.25) is 0 Å². The molecule has 0 aliphatic heterocycles. The van der Waals surface area contributed by atoms with Crippen molar-refractivity contribution in [2.24, 2.45) is 5.73 Å². The number of benzene rings is 2. The first-order chi connectivity index (χ1) is 11.0. The molecule has 4 N–H and O–H groups in total. The smallest absolute Gasteiger partial charge is 0.221 e. The van der Waals surface area contributed by atoms with Crippen molar-refractivity contribution in [3.05, 3.63) is 65.2 Å². The van der Waals surface area contributed by atoms with Crippen LogP contribution in [0.1, 0.15) is 36.5 Å². The van der Waals surface area contributed by atoms with Crippen LogP contribution in [0.5, 0.6) is 0 Å². The standard InChI is InChI=1S/C19H23N3O/c1-14(23)22-18-11-9-15(10-12-18)5-2-3-6-16-7-4-8-17(13-16)19(20)21/h4,7-13H,2-3,5-6H2,1H3,(H3,20,21)(H,22,23). The molecule has 0 heterocycles. The lowest BCUT2D eigenvalue weighted by atomic mass is 10.0. The highest BCUT2D eigenvalue weighted by Gasteiger charge is 2.00. The van der Waals surface area contributed by atoms with Crippen molar-refractivity contribution in [1.82, 2.24) is 0 Å². The van der Waals surface area contributed by atoms with E-state index in [0.29, 0.717) is 0 Å². The molecule has 0 fully saturated rings. The van der Waals surface area contributed by atoms with E-state index in [0.717, 1.165) is 36.9 Å². The maximum absolute atomic E-state index is 11.0. The Labute approximate surface area is 137 Å². The van der Waals surface area contributed by atoms with E-state index in [1.807, 2.05) is 30.3 Å². The van der Waals surface area contributed by atoms with Gasteiger partial charge in [-0.2, -0.15) is 0 Å². The van der Waals surface area contributed by atoms with Gasteiger partial charge in [-0.25, -0.2) is 0 Å². The first-order valence-corrected chi connectivity index (χ1v) is 7.84. The molecule has 0 aromatic heterocycles. The fourth-order valence-electron chi connectivity index (χ4n) is 2.51. The fourth-order valence-corrected chi connectivity index (χ4v) is 2.51. The van der Waals surface area contributed by atoms with Gasteiger partial charge in [0.2, 0.25) is 5.91 Å². The number of hydrogen-bond donors (Lipinski definition) is 3. The molecule has 0 radical (unpaired) electrons. The van der Waals surface area contributed by atoms with Gasteiger partial charge in [-0.05, 0) is 55.0 Å². The lowest BCUT2D eigenvalue weighted by molar-refractivity contribution is -0.114. The molecule has 2 aromatic carbocycles. The van der Waals surface area contributed by atoms with Crippen molar-refractivity contribution >= 4 is 17.4 Å². The Morgan fingerprint density at radius 3 is 2.30 bits per heavy atom. The highest BCUT2D eigenvalue weighted by Crippen LogP contribution is 2.13. The average Bonchev–Trinajstić information content (AvgIpc) is 2.53. The number of aryl methyl sites for hydroxylation is 2. The Hall–Kier alpha value is -2.62. The van der Waals surface area contributed by atoms with Gasteiger partial charge < -0.3 is 11.1 Å². The monoisotopic (exact) mass is 309 g/mol. The summed E-state index contributed by atoms with van der Waals surface area (Å²) in [6.45, 7) is 1.51. The zero-order chi connectivity index (χ0) is 16.7. The minimum absolute atomic E-state index is 0.0504. The number of amides is 1. The molecule has 4 nitrogen and oxygen atoms in total. The zero-order valence-electron chi connectivity index (χ0n) is 13.4. The highest BCUT2D eigenvalue weighted by atomic mass is 16.1. The minimum Gasteiger partial charge on any atom is -0.384 e. The topological polar surface area (TPSA) is 79.0 Å². The quantitative estimate of drug-likeness (QED) is 0.416. The summed E-state index contributed by atoms with van der Waals surface area (Å²) in [5, 5.41) is 10.2. The van der Waals surface area contributed by atoms with Gasteiger partial charge in [0.05, 0.1) is 0 Å². The van der Waals surface area contributed by atoms with E-state index in [1.54, 1.807) is 0 Å². The summed E-state index contributed by atoms with van der Waals surface area (Å²) < 4.78 is 0. The first kappa shape index (κ1) is 16.7. The second-order valence-corrected chi connectivity index (χ2v) is 5.70. The molecule has 23 heavy (non-hydrogen) atoms. The average molecular weight is 309 g/mol. The van der Waals surface area contributed by atoms with Crippen molar-refractivity contribution in [3.63, 3.8) is 0 Å². The number of carbonyl (C=O) groups is 1. The molecule has 0 bridgehead atoms. The summed E-state index contributed by atoms with van der Waals surface area (Å²) in [4.78, 5) is 11.0. The van der Waals surface area contributed by atoms with E-state index in [4.69, 9.17) is 11.1 Å². The molecular formula is C19H23N3O. The van der Waals surface area contributed by atoms with Crippen LogP contribution in [-0.4, -0.2) is 11.7 Å². The van der Waals surface area contributed by atoms with Gasteiger partial charge in [0.25, 0.3) is 0 Å². The number of carbonyl (C=O) groups excluding carboxylic acids is 1. The van der Waals surface area contributed by atoms with Crippen LogP contribution in [0.15, 0.2) is 48.5 Å². The lowest BCUT2D eigenvalue weighted by Crippen LogP contribution is -2.11. The van der Waals surface area contributed by atoms with Gasteiger partial charge in [0.1, 0.15) is 5.84 Å². The summed E-state index contributed by atoms with van der Waals surface area (Å²) in [5.74, 6) is 0.0663. The number of rotatable bonds is 7. The van der Waals surface area contributed by atoms with E-state index in [2.05, 4.69) is 23.5 Å². The Balaban J connectivity index is 1.78. The Morgan fingerprint density at radius 2 is 1.70 bits per heavy atom. The number of unbranched alkanes of at least 4 members (excludes halogenated alkanes) is 1. The molecule has 0 saturated heterocycles. The van der Waals surface area contributed by atoms with E-state index in [-0.39, 0.29) is 11.7 Å². The molecule has 2 aromatic rings. The van der Waals surface area contributed by atoms with Crippen molar-refractivity contribution in [3.8, 4) is 0 Å². The Kier molecular flexibility index (Phi) is 5.92. The first-order valence-electron chi connectivity index (χ1n) is 7.84. The molecule has 2 rings (SSSR count). The predicted molar refractivity (Wildman–Crippen MR) is 94.8 cm³/mol. The molecule has 0 atom stereocenters. The molecule has 0 unspecified atom stereocenters. The number of nitrogens with one attached hydrogen (secondary N) is 2. The van der Waals surface area contributed by atoms with Crippen LogP contribution in [-0.2, 0) is 17.6 Å². The number of nitrogen functional groups attached to an aromatic ring is 1.